The molecular formula is C10H9ClFNO3. The Morgan fingerprint density at radius 3 is 2.81 bits per heavy atom. The van der Waals surface area contributed by atoms with Crippen LogP contribution in [0.3, 0.4) is 0 Å². The first-order valence-corrected chi connectivity index (χ1v) is 4.72. The first-order chi connectivity index (χ1) is 7.54. The lowest BCUT2D eigenvalue weighted by molar-refractivity contribution is -0.139. The maximum absolute atomic E-state index is 13.2. The largest absolute Gasteiger partial charge is 0.468 e. The van der Waals surface area contributed by atoms with Crippen LogP contribution >= 0.6 is 11.6 Å². The van der Waals surface area contributed by atoms with Crippen LogP contribution in [0.2, 0.25) is 5.02 Å². The molecule has 1 aromatic rings. The molecule has 6 heteroatoms. The van der Waals surface area contributed by atoms with Gasteiger partial charge in [0, 0.05) is 5.02 Å². The van der Waals surface area contributed by atoms with Crippen molar-refractivity contribution in [1.29, 1.82) is 0 Å². The molecule has 0 heterocycles. The molecule has 0 bridgehead atoms. The van der Waals surface area contributed by atoms with Crippen LogP contribution in [0.15, 0.2) is 18.2 Å². The minimum Gasteiger partial charge on any atom is -0.468 e. The second-order valence-corrected chi connectivity index (χ2v) is 3.32. The number of benzene rings is 1. The van der Waals surface area contributed by atoms with Crippen LogP contribution < -0.4 is 5.32 Å². The molecule has 0 fully saturated rings. The van der Waals surface area contributed by atoms with Gasteiger partial charge in [0.05, 0.1) is 12.7 Å². The van der Waals surface area contributed by atoms with E-state index in [4.69, 9.17) is 11.6 Å². The third kappa shape index (κ3) is 3.20. The SMILES string of the molecule is COC(=O)CNC(=O)c1cc(Cl)ccc1F. The lowest BCUT2D eigenvalue weighted by Gasteiger charge is -2.05. The first kappa shape index (κ1) is 12.4. The fourth-order valence-corrected chi connectivity index (χ4v) is 1.16. The zero-order valence-electron chi connectivity index (χ0n) is 8.42. The number of nitrogens with one attached hydrogen (secondary N) is 1. The van der Waals surface area contributed by atoms with Gasteiger partial charge in [-0.1, -0.05) is 11.6 Å². The van der Waals surface area contributed by atoms with Gasteiger partial charge in [0.2, 0.25) is 0 Å². The zero-order chi connectivity index (χ0) is 12.1. The average Bonchev–Trinajstić information content (AvgIpc) is 2.28. The average molecular weight is 246 g/mol. The van der Waals surface area contributed by atoms with E-state index < -0.39 is 17.7 Å². The fourth-order valence-electron chi connectivity index (χ4n) is 0.991. The molecule has 4 nitrogen and oxygen atoms in total. The smallest absolute Gasteiger partial charge is 0.325 e. The van der Waals surface area contributed by atoms with Crippen molar-refractivity contribution in [3.63, 3.8) is 0 Å². The number of esters is 1. The third-order valence-electron chi connectivity index (χ3n) is 1.79. The van der Waals surface area contributed by atoms with Gasteiger partial charge in [-0.3, -0.25) is 9.59 Å². The third-order valence-corrected chi connectivity index (χ3v) is 2.03. The number of amides is 1. The van der Waals surface area contributed by atoms with Crippen molar-refractivity contribution in [1.82, 2.24) is 5.32 Å². The summed E-state index contributed by atoms with van der Waals surface area (Å²) in [4.78, 5) is 22.2. The molecule has 0 unspecified atom stereocenters. The number of halogens is 2. The molecule has 0 saturated carbocycles. The highest BCUT2D eigenvalue weighted by molar-refractivity contribution is 6.31. The molecule has 1 amide bonds. The highest BCUT2D eigenvalue weighted by atomic mass is 35.5. The van der Waals surface area contributed by atoms with Crippen LogP contribution in [-0.2, 0) is 9.53 Å². The highest BCUT2D eigenvalue weighted by Crippen LogP contribution is 2.14. The van der Waals surface area contributed by atoms with Gasteiger partial charge in [0.25, 0.3) is 5.91 Å². The van der Waals surface area contributed by atoms with Gasteiger partial charge >= 0.3 is 5.97 Å². The summed E-state index contributed by atoms with van der Waals surface area (Å²) < 4.78 is 17.5. The summed E-state index contributed by atoms with van der Waals surface area (Å²) in [6.07, 6.45) is 0. The molecule has 1 aromatic carbocycles. The normalized spacial score (nSPS) is 9.69. The second kappa shape index (κ2) is 5.46. The van der Waals surface area contributed by atoms with Crippen molar-refractivity contribution in [3.8, 4) is 0 Å². The Morgan fingerprint density at radius 2 is 2.19 bits per heavy atom. The minimum absolute atomic E-state index is 0.212. The molecule has 0 saturated heterocycles. The Hall–Kier alpha value is -1.62. The number of hydrogen-bond donors (Lipinski definition) is 1. The standard InChI is InChI=1S/C10H9ClFNO3/c1-16-9(14)5-13-10(15)7-4-6(11)2-3-8(7)12/h2-4H,5H2,1H3,(H,13,15). The fraction of sp³-hybridized carbons (Fsp3) is 0.200. The zero-order valence-corrected chi connectivity index (χ0v) is 9.18. The van der Waals surface area contributed by atoms with E-state index in [9.17, 15) is 14.0 Å². The van der Waals surface area contributed by atoms with Crippen molar-refractivity contribution in [3.05, 3.63) is 34.6 Å². The quantitative estimate of drug-likeness (QED) is 0.819. The lowest BCUT2D eigenvalue weighted by Crippen LogP contribution is -2.30. The van der Waals surface area contributed by atoms with Crippen LogP contribution in [0.1, 0.15) is 10.4 Å². The van der Waals surface area contributed by atoms with Gasteiger partial charge in [-0.05, 0) is 18.2 Å². The Bertz CT molecular complexity index is 423. The monoisotopic (exact) mass is 245 g/mol. The Balaban J connectivity index is 2.73. The van der Waals surface area contributed by atoms with Gasteiger partial charge in [0.1, 0.15) is 12.4 Å². The van der Waals surface area contributed by atoms with Crippen molar-refractivity contribution >= 4 is 23.5 Å². The molecule has 0 aromatic heterocycles. The van der Waals surface area contributed by atoms with Crippen LogP contribution in [-0.4, -0.2) is 25.5 Å². The van der Waals surface area contributed by atoms with E-state index in [1.54, 1.807) is 0 Å². The maximum atomic E-state index is 13.2. The molecule has 1 rings (SSSR count). The molecule has 86 valence electrons. The van der Waals surface area contributed by atoms with Crippen molar-refractivity contribution in [2.24, 2.45) is 0 Å². The lowest BCUT2D eigenvalue weighted by atomic mass is 10.2. The number of carbonyl (C=O) groups is 2. The van der Waals surface area contributed by atoms with Gasteiger partial charge in [-0.25, -0.2) is 4.39 Å². The highest BCUT2D eigenvalue weighted by Gasteiger charge is 2.13. The molecule has 0 aliphatic heterocycles. The molecule has 0 spiro atoms. The number of methoxy groups -OCH3 is 1. The van der Waals surface area contributed by atoms with Crippen molar-refractivity contribution < 1.29 is 18.7 Å². The molecule has 1 N–H and O–H groups in total. The minimum atomic E-state index is -0.717. The van der Waals surface area contributed by atoms with E-state index in [2.05, 4.69) is 10.1 Å². The molecule has 0 aliphatic rings. The van der Waals surface area contributed by atoms with Gasteiger partial charge in [-0.15, -0.1) is 0 Å². The summed E-state index contributed by atoms with van der Waals surface area (Å²) in [5.74, 6) is -2.03. The van der Waals surface area contributed by atoms with Gasteiger partial charge < -0.3 is 10.1 Å². The number of rotatable bonds is 3. The Labute approximate surface area is 96.3 Å². The van der Waals surface area contributed by atoms with Crippen LogP contribution in [0.4, 0.5) is 4.39 Å². The number of ether oxygens (including phenoxy) is 1. The van der Waals surface area contributed by atoms with Crippen LogP contribution in [0, 0.1) is 5.82 Å². The predicted molar refractivity (Wildman–Crippen MR) is 55.8 cm³/mol. The van der Waals surface area contributed by atoms with Crippen molar-refractivity contribution in [2.75, 3.05) is 13.7 Å². The van der Waals surface area contributed by atoms with Crippen LogP contribution in [0.25, 0.3) is 0 Å². The summed E-state index contributed by atoms with van der Waals surface area (Å²) in [5, 5.41) is 2.45. The van der Waals surface area contributed by atoms with E-state index in [1.165, 1.54) is 19.2 Å². The van der Waals surface area contributed by atoms with E-state index in [1.807, 2.05) is 0 Å². The van der Waals surface area contributed by atoms with E-state index >= 15 is 0 Å². The molecule has 0 aliphatic carbocycles. The number of hydrogen-bond acceptors (Lipinski definition) is 3. The van der Waals surface area contributed by atoms with Gasteiger partial charge in [-0.2, -0.15) is 0 Å². The summed E-state index contributed by atoms with van der Waals surface area (Å²) in [6, 6.07) is 3.59. The molecule has 0 radical (unpaired) electrons. The Kier molecular flexibility index (Phi) is 4.25. The van der Waals surface area contributed by atoms with Crippen LogP contribution in [0.5, 0.6) is 0 Å². The second-order valence-electron chi connectivity index (χ2n) is 2.88. The summed E-state index contributed by atoms with van der Waals surface area (Å²) in [5.41, 5.74) is -0.212. The molecule has 16 heavy (non-hydrogen) atoms. The van der Waals surface area contributed by atoms with Crippen molar-refractivity contribution in [2.45, 2.75) is 0 Å². The maximum Gasteiger partial charge on any atom is 0.325 e. The molecule has 0 atom stereocenters. The first-order valence-electron chi connectivity index (χ1n) is 4.34. The summed E-state index contributed by atoms with van der Waals surface area (Å²) in [6.45, 7) is -0.318. The summed E-state index contributed by atoms with van der Waals surface area (Å²) >= 11 is 5.61. The van der Waals surface area contributed by atoms with E-state index in [0.717, 1.165) is 6.07 Å². The topological polar surface area (TPSA) is 55.4 Å². The van der Waals surface area contributed by atoms with E-state index in [-0.39, 0.29) is 17.1 Å². The van der Waals surface area contributed by atoms with E-state index in [0.29, 0.717) is 0 Å². The predicted octanol–water partition coefficient (Wildman–Crippen LogP) is 1.38. The molecular weight excluding hydrogens is 237 g/mol. The number of carbonyl (C=O) groups excluding carboxylic acids is 2. The van der Waals surface area contributed by atoms with Gasteiger partial charge in [0.15, 0.2) is 0 Å². The Morgan fingerprint density at radius 1 is 1.50 bits per heavy atom. The summed E-state index contributed by atoms with van der Waals surface area (Å²) in [7, 11) is 1.19.